The van der Waals surface area contributed by atoms with E-state index in [2.05, 4.69) is 4.90 Å². The van der Waals surface area contributed by atoms with Gasteiger partial charge in [0.05, 0.1) is 13.7 Å². The van der Waals surface area contributed by atoms with E-state index < -0.39 is 11.5 Å². The molecule has 5 rings (SSSR count). The average Bonchev–Trinajstić information content (AvgIpc) is 3.40. The Bertz CT molecular complexity index is 1070. The van der Waals surface area contributed by atoms with Gasteiger partial charge in [0.2, 0.25) is 6.79 Å². The maximum absolute atomic E-state index is 13.8. The van der Waals surface area contributed by atoms with Crippen LogP contribution in [-0.4, -0.2) is 67.9 Å². The van der Waals surface area contributed by atoms with E-state index >= 15 is 0 Å². The number of carbonyl (C=O) groups is 2. The molecule has 0 bridgehead atoms. The second-order valence-corrected chi connectivity index (χ2v) is 8.42. The number of likely N-dealkylation sites (N-methyl/N-ethyl adjacent to an activating group) is 1. The molecule has 8 heteroatoms. The molecule has 8 nitrogen and oxygen atoms in total. The Labute approximate surface area is 186 Å². The SMILES string of the molecule is CCOc1ccc(C(=O)N2Cc3cc4c(cc3[C@@H]3CN(C)C[C@@]32C(=O)OC)OCO4)cc1. The molecule has 0 radical (unpaired) electrons. The lowest BCUT2D eigenvalue weighted by atomic mass is 9.74. The summed E-state index contributed by atoms with van der Waals surface area (Å²) in [5.74, 6) is 1.15. The Hall–Kier alpha value is -3.26. The van der Waals surface area contributed by atoms with Crippen LogP contribution in [0.4, 0.5) is 0 Å². The van der Waals surface area contributed by atoms with Crippen molar-refractivity contribution in [2.75, 3.05) is 40.6 Å². The number of hydrogen-bond acceptors (Lipinski definition) is 7. The number of rotatable bonds is 4. The molecular formula is C24H26N2O6. The normalized spacial score (nSPS) is 23.5. The molecule has 168 valence electrons. The van der Waals surface area contributed by atoms with Gasteiger partial charge >= 0.3 is 5.97 Å². The maximum atomic E-state index is 13.8. The Balaban J connectivity index is 1.62. The molecule has 0 aliphatic carbocycles. The number of methoxy groups -OCH3 is 1. The predicted octanol–water partition coefficient (Wildman–Crippen LogP) is 2.41. The highest BCUT2D eigenvalue weighted by Crippen LogP contribution is 2.50. The number of amides is 1. The highest BCUT2D eigenvalue weighted by Gasteiger charge is 2.61. The summed E-state index contributed by atoms with van der Waals surface area (Å²) in [5.41, 5.74) is 1.32. The van der Waals surface area contributed by atoms with Gasteiger partial charge in [0, 0.05) is 31.1 Å². The topological polar surface area (TPSA) is 77.5 Å². The van der Waals surface area contributed by atoms with Crippen molar-refractivity contribution < 1.29 is 28.5 Å². The summed E-state index contributed by atoms with van der Waals surface area (Å²) in [7, 11) is 3.33. The van der Waals surface area contributed by atoms with Crippen LogP contribution in [0.25, 0.3) is 0 Å². The van der Waals surface area contributed by atoms with Crippen LogP contribution in [0.1, 0.15) is 34.3 Å². The summed E-state index contributed by atoms with van der Waals surface area (Å²) in [4.78, 5) is 30.9. The van der Waals surface area contributed by atoms with Gasteiger partial charge < -0.3 is 28.7 Å². The van der Waals surface area contributed by atoms with Gasteiger partial charge in [-0.3, -0.25) is 4.79 Å². The standard InChI is InChI=1S/C24H26N2O6/c1-4-30-17-7-5-15(6-8-17)22(27)26-11-16-9-20-21(32-14-31-20)10-18(16)19-12-25(2)13-24(19,26)23(28)29-3/h5-10,19H,4,11-14H2,1-3H3/t19-,24-/m0/s1. The maximum Gasteiger partial charge on any atom is 0.333 e. The first-order valence-electron chi connectivity index (χ1n) is 10.7. The number of benzene rings is 2. The quantitative estimate of drug-likeness (QED) is 0.679. The molecule has 0 spiro atoms. The van der Waals surface area contributed by atoms with E-state index in [4.69, 9.17) is 18.9 Å². The summed E-state index contributed by atoms with van der Waals surface area (Å²) in [6, 6.07) is 10.9. The van der Waals surface area contributed by atoms with Crippen molar-refractivity contribution in [2.24, 2.45) is 0 Å². The fourth-order valence-electron chi connectivity index (χ4n) is 5.21. The van der Waals surface area contributed by atoms with Crippen LogP contribution >= 0.6 is 0 Å². The molecule has 3 heterocycles. The third-order valence-corrected chi connectivity index (χ3v) is 6.60. The van der Waals surface area contributed by atoms with Gasteiger partial charge in [-0.15, -0.1) is 0 Å². The number of hydrogen-bond donors (Lipinski definition) is 0. The van der Waals surface area contributed by atoms with Gasteiger partial charge in [0.1, 0.15) is 5.75 Å². The summed E-state index contributed by atoms with van der Waals surface area (Å²) in [5, 5.41) is 0. The van der Waals surface area contributed by atoms with E-state index in [0.717, 1.165) is 11.1 Å². The van der Waals surface area contributed by atoms with Crippen LogP contribution in [0.5, 0.6) is 17.2 Å². The van der Waals surface area contributed by atoms with E-state index in [1.807, 2.05) is 26.1 Å². The first kappa shape index (κ1) is 20.6. The molecule has 3 aliphatic heterocycles. The molecule has 0 aromatic heterocycles. The van der Waals surface area contributed by atoms with Crippen LogP contribution < -0.4 is 14.2 Å². The molecule has 1 amide bonds. The molecule has 0 saturated carbocycles. The van der Waals surface area contributed by atoms with E-state index in [1.165, 1.54) is 7.11 Å². The van der Waals surface area contributed by atoms with Crippen molar-refractivity contribution >= 4 is 11.9 Å². The van der Waals surface area contributed by atoms with Crippen molar-refractivity contribution in [3.8, 4) is 17.2 Å². The van der Waals surface area contributed by atoms with E-state index in [-0.39, 0.29) is 25.2 Å². The molecule has 32 heavy (non-hydrogen) atoms. The lowest BCUT2D eigenvalue weighted by molar-refractivity contribution is -0.154. The van der Waals surface area contributed by atoms with Crippen molar-refractivity contribution in [2.45, 2.75) is 24.9 Å². The van der Waals surface area contributed by atoms with E-state index in [1.54, 1.807) is 29.2 Å². The van der Waals surface area contributed by atoms with Crippen molar-refractivity contribution in [3.63, 3.8) is 0 Å². The van der Waals surface area contributed by atoms with Crippen LogP contribution in [0.3, 0.4) is 0 Å². The zero-order valence-electron chi connectivity index (χ0n) is 18.4. The van der Waals surface area contributed by atoms with Gasteiger partial charge in [0.25, 0.3) is 5.91 Å². The second-order valence-electron chi connectivity index (χ2n) is 8.42. The third-order valence-electron chi connectivity index (χ3n) is 6.60. The van der Waals surface area contributed by atoms with Crippen molar-refractivity contribution in [1.29, 1.82) is 0 Å². The van der Waals surface area contributed by atoms with Crippen LogP contribution in [0.2, 0.25) is 0 Å². The highest BCUT2D eigenvalue weighted by atomic mass is 16.7. The summed E-state index contributed by atoms with van der Waals surface area (Å²) in [6.45, 7) is 3.91. The summed E-state index contributed by atoms with van der Waals surface area (Å²) in [6.07, 6.45) is 0. The second kappa shape index (κ2) is 7.70. The molecular weight excluding hydrogens is 412 g/mol. The zero-order chi connectivity index (χ0) is 22.5. The minimum Gasteiger partial charge on any atom is -0.494 e. The zero-order valence-corrected chi connectivity index (χ0v) is 18.4. The number of ether oxygens (including phenoxy) is 4. The fraction of sp³-hybridized carbons (Fsp3) is 0.417. The number of carbonyl (C=O) groups excluding carboxylic acids is 2. The molecule has 2 atom stereocenters. The lowest BCUT2D eigenvalue weighted by Crippen LogP contribution is -2.63. The number of nitrogens with zero attached hydrogens (tertiary/aromatic N) is 2. The van der Waals surface area contributed by atoms with E-state index in [9.17, 15) is 9.59 Å². The molecule has 1 saturated heterocycles. The van der Waals surface area contributed by atoms with Crippen LogP contribution in [0, 0.1) is 0 Å². The van der Waals surface area contributed by atoms with Gasteiger partial charge in [0.15, 0.2) is 17.0 Å². The Morgan fingerprint density at radius 3 is 2.56 bits per heavy atom. The average molecular weight is 438 g/mol. The summed E-state index contributed by atoms with van der Waals surface area (Å²) >= 11 is 0. The van der Waals surface area contributed by atoms with Crippen molar-refractivity contribution in [1.82, 2.24) is 9.80 Å². The Kier molecular flexibility index (Phi) is 4.97. The highest BCUT2D eigenvalue weighted by molar-refractivity contribution is 5.99. The molecule has 0 N–H and O–H groups in total. The minimum atomic E-state index is -1.13. The van der Waals surface area contributed by atoms with Gasteiger partial charge in [-0.2, -0.15) is 0 Å². The summed E-state index contributed by atoms with van der Waals surface area (Å²) < 4.78 is 21.9. The predicted molar refractivity (Wildman–Crippen MR) is 115 cm³/mol. The largest absolute Gasteiger partial charge is 0.494 e. The van der Waals surface area contributed by atoms with Crippen LogP contribution in [0.15, 0.2) is 36.4 Å². The smallest absolute Gasteiger partial charge is 0.333 e. The van der Waals surface area contributed by atoms with Crippen LogP contribution in [-0.2, 0) is 16.1 Å². The van der Waals surface area contributed by atoms with Gasteiger partial charge in [-0.25, -0.2) is 4.79 Å². The number of fused-ring (bicyclic) bond motifs is 4. The molecule has 2 aromatic carbocycles. The van der Waals surface area contributed by atoms with E-state index in [0.29, 0.717) is 42.5 Å². The first-order valence-corrected chi connectivity index (χ1v) is 10.7. The Morgan fingerprint density at radius 1 is 1.16 bits per heavy atom. The number of esters is 1. The minimum absolute atomic E-state index is 0.166. The fourth-order valence-corrected chi connectivity index (χ4v) is 5.21. The van der Waals surface area contributed by atoms with Crippen molar-refractivity contribution in [3.05, 3.63) is 53.1 Å². The Morgan fingerprint density at radius 2 is 1.88 bits per heavy atom. The first-order chi connectivity index (χ1) is 15.5. The van der Waals surface area contributed by atoms with Gasteiger partial charge in [-0.05, 0) is 61.5 Å². The van der Waals surface area contributed by atoms with Gasteiger partial charge in [-0.1, -0.05) is 0 Å². The molecule has 3 aliphatic rings. The lowest BCUT2D eigenvalue weighted by Gasteiger charge is -2.46. The third kappa shape index (κ3) is 3.01. The monoisotopic (exact) mass is 438 g/mol. The molecule has 0 unspecified atom stereocenters. The number of likely N-dealkylation sites (tertiary alicyclic amines) is 1. The molecule has 1 fully saturated rings. The molecule has 2 aromatic rings.